The average Bonchev–Trinajstić information content (AvgIpc) is 3.02. The van der Waals surface area contributed by atoms with Gasteiger partial charge < -0.3 is 9.73 Å². The normalized spacial score (nSPS) is 12.1. The van der Waals surface area contributed by atoms with Crippen molar-refractivity contribution in [3.8, 4) is 0 Å². The molecule has 0 aliphatic carbocycles. The maximum absolute atomic E-state index is 12.5. The number of amides is 1. The summed E-state index contributed by atoms with van der Waals surface area (Å²) < 4.78 is 5.61. The van der Waals surface area contributed by atoms with Crippen molar-refractivity contribution >= 4 is 40.4 Å². The van der Waals surface area contributed by atoms with Crippen LogP contribution in [0.5, 0.6) is 0 Å². The summed E-state index contributed by atoms with van der Waals surface area (Å²) in [6, 6.07) is 10.4. The van der Waals surface area contributed by atoms with Gasteiger partial charge >= 0.3 is 0 Å². The van der Waals surface area contributed by atoms with Gasteiger partial charge in [0.15, 0.2) is 17.0 Å². The quantitative estimate of drug-likeness (QED) is 0.532. The molecule has 1 N–H and O–H groups in total. The number of anilines is 1. The van der Waals surface area contributed by atoms with E-state index in [1.165, 1.54) is 18.7 Å². The minimum absolute atomic E-state index is 0.00978. The Morgan fingerprint density at radius 1 is 1.24 bits per heavy atom. The van der Waals surface area contributed by atoms with Crippen LogP contribution in [-0.4, -0.2) is 26.9 Å². The van der Waals surface area contributed by atoms with Gasteiger partial charge in [-0.25, -0.2) is 4.98 Å². The molecule has 2 aromatic heterocycles. The van der Waals surface area contributed by atoms with Gasteiger partial charge in [-0.2, -0.15) is 4.98 Å². The van der Waals surface area contributed by atoms with Gasteiger partial charge in [-0.05, 0) is 49.7 Å². The molecule has 6 nitrogen and oxygen atoms in total. The van der Waals surface area contributed by atoms with Gasteiger partial charge in [-0.1, -0.05) is 18.7 Å². The van der Waals surface area contributed by atoms with E-state index < -0.39 is 0 Å². The number of nitrogens with one attached hydrogen (secondary N) is 1. The molecule has 0 unspecified atom stereocenters. The zero-order chi connectivity index (χ0) is 17.8. The molecule has 0 fully saturated rings. The maximum Gasteiger partial charge on any atom is 0.259 e. The molecule has 1 atom stereocenters. The first-order valence-electron chi connectivity index (χ1n) is 7.87. The molecule has 0 saturated carbocycles. The van der Waals surface area contributed by atoms with Crippen molar-refractivity contribution < 1.29 is 14.0 Å². The van der Waals surface area contributed by atoms with Crippen LogP contribution in [0.15, 0.2) is 52.2 Å². The van der Waals surface area contributed by atoms with E-state index in [9.17, 15) is 9.59 Å². The van der Waals surface area contributed by atoms with Crippen LogP contribution < -0.4 is 5.32 Å². The van der Waals surface area contributed by atoms with Crippen LogP contribution in [0.25, 0.3) is 11.2 Å². The number of carbonyl (C=O) groups is 2. The first kappa shape index (κ1) is 17.2. The highest BCUT2D eigenvalue weighted by molar-refractivity contribution is 8.00. The summed E-state index contributed by atoms with van der Waals surface area (Å²) in [4.78, 5) is 32.2. The van der Waals surface area contributed by atoms with E-state index in [4.69, 9.17) is 4.42 Å². The fraction of sp³-hybridized carbons (Fsp3) is 0.222. The van der Waals surface area contributed by atoms with Crippen LogP contribution in [0.2, 0.25) is 0 Å². The van der Waals surface area contributed by atoms with Crippen molar-refractivity contribution in [3.63, 3.8) is 0 Å². The Morgan fingerprint density at radius 3 is 2.64 bits per heavy atom. The molecule has 0 bridgehead atoms. The monoisotopic (exact) mass is 355 g/mol. The van der Waals surface area contributed by atoms with E-state index in [1.54, 1.807) is 42.6 Å². The fourth-order valence-corrected chi connectivity index (χ4v) is 3.11. The second-order valence-corrected chi connectivity index (χ2v) is 6.60. The Balaban J connectivity index is 1.69. The van der Waals surface area contributed by atoms with Crippen LogP contribution in [0, 0.1) is 0 Å². The van der Waals surface area contributed by atoms with Crippen molar-refractivity contribution in [2.24, 2.45) is 0 Å². The number of hydrogen-bond donors (Lipinski definition) is 1. The number of benzene rings is 1. The highest BCUT2D eigenvalue weighted by atomic mass is 32.2. The lowest BCUT2D eigenvalue weighted by atomic mass is 10.1. The van der Waals surface area contributed by atoms with Gasteiger partial charge in [0, 0.05) is 17.4 Å². The van der Waals surface area contributed by atoms with E-state index in [2.05, 4.69) is 15.3 Å². The number of rotatable bonds is 6. The third-order valence-electron chi connectivity index (χ3n) is 3.61. The molecule has 3 aromatic rings. The molecule has 0 aliphatic heterocycles. The lowest BCUT2D eigenvalue weighted by molar-refractivity contribution is -0.115. The Labute approximate surface area is 149 Å². The van der Waals surface area contributed by atoms with E-state index >= 15 is 0 Å². The Hall–Kier alpha value is -2.67. The smallest absolute Gasteiger partial charge is 0.259 e. The molecular formula is C18H17N3O3S. The zero-order valence-electron chi connectivity index (χ0n) is 13.9. The standard InChI is InChI=1S/C18H17N3O3S/c1-3-15(25-18-21-16-14(24-18)5-4-10-19-16)17(23)20-13-8-6-12(7-9-13)11(2)22/h4-10,15H,3H2,1-2H3,(H,20,23)/t15-/m1/s1. The topological polar surface area (TPSA) is 85.1 Å². The van der Waals surface area contributed by atoms with Gasteiger partial charge in [0.1, 0.15) is 0 Å². The molecule has 0 spiro atoms. The van der Waals surface area contributed by atoms with Crippen LogP contribution in [-0.2, 0) is 4.79 Å². The van der Waals surface area contributed by atoms with Crippen molar-refractivity contribution in [1.82, 2.24) is 9.97 Å². The van der Waals surface area contributed by atoms with Gasteiger partial charge in [0.2, 0.25) is 5.91 Å². The number of pyridine rings is 1. The molecule has 0 aliphatic rings. The number of Topliss-reactive ketones (excluding diaryl/α,β-unsaturated/α-hetero) is 1. The highest BCUT2D eigenvalue weighted by Crippen LogP contribution is 2.28. The van der Waals surface area contributed by atoms with Crippen molar-refractivity contribution in [2.75, 3.05) is 5.32 Å². The molecule has 1 amide bonds. The average molecular weight is 355 g/mol. The van der Waals surface area contributed by atoms with Crippen LogP contribution in [0.1, 0.15) is 30.6 Å². The SMILES string of the molecule is CC[C@@H](Sc1nc2ncccc2o1)C(=O)Nc1ccc(C(C)=O)cc1. The number of hydrogen-bond acceptors (Lipinski definition) is 6. The Kier molecular flexibility index (Phi) is 5.14. The summed E-state index contributed by atoms with van der Waals surface area (Å²) in [5, 5.41) is 2.93. The molecule has 7 heteroatoms. The maximum atomic E-state index is 12.5. The van der Waals surface area contributed by atoms with Crippen molar-refractivity contribution in [2.45, 2.75) is 30.7 Å². The van der Waals surface area contributed by atoms with Crippen LogP contribution in [0.4, 0.5) is 5.69 Å². The first-order chi connectivity index (χ1) is 12.1. The number of carbonyl (C=O) groups excluding carboxylic acids is 2. The van der Waals surface area contributed by atoms with Gasteiger partial charge in [0.25, 0.3) is 5.22 Å². The minimum atomic E-state index is -0.347. The predicted octanol–water partition coefficient (Wildman–Crippen LogP) is 3.93. The minimum Gasteiger partial charge on any atom is -0.430 e. The molecule has 0 radical (unpaired) electrons. The number of nitrogens with zero attached hydrogens (tertiary/aromatic N) is 2. The highest BCUT2D eigenvalue weighted by Gasteiger charge is 2.21. The summed E-state index contributed by atoms with van der Waals surface area (Å²) in [6.45, 7) is 3.43. The molecule has 0 saturated heterocycles. The molecule has 2 heterocycles. The van der Waals surface area contributed by atoms with Gasteiger partial charge in [-0.3, -0.25) is 9.59 Å². The largest absolute Gasteiger partial charge is 0.430 e. The van der Waals surface area contributed by atoms with E-state index in [-0.39, 0.29) is 16.9 Å². The number of oxazole rings is 1. The molecule has 25 heavy (non-hydrogen) atoms. The number of thioether (sulfide) groups is 1. The van der Waals surface area contributed by atoms with Gasteiger partial charge in [0.05, 0.1) is 5.25 Å². The second kappa shape index (κ2) is 7.48. The predicted molar refractivity (Wildman–Crippen MR) is 96.8 cm³/mol. The summed E-state index contributed by atoms with van der Waals surface area (Å²) in [5.41, 5.74) is 2.38. The first-order valence-corrected chi connectivity index (χ1v) is 8.75. The zero-order valence-corrected chi connectivity index (χ0v) is 14.7. The second-order valence-electron chi connectivity index (χ2n) is 5.44. The third-order valence-corrected chi connectivity index (χ3v) is 4.82. The van der Waals surface area contributed by atoms with Gasteiger partial charge in [-0.15, -0.1) is 0 Å². The molecular weight excluding hydrogens is 338 g/mol. The lowest BCUT2D eigenvalue weighted by Gasteiger charge is -2.12. The summed E-state index contributed by atoms with van der Waals surface area (Å²) in [5.74, 6) is -0.150. The summed E-state index contributed by atoms with van der Waals surface area (Å²) in [7, 11) is 0. The lowest BCUT2D eigenvalue weighted by Crippen LogP contribution is -2.24. The van der Waals surface area contributed by atoms with Crippen molar-refractivity contribution in [3.05, 3.63) is 48.2 Å². The fourth-order valence-electron chi connectivity index (χ4n) is 2.25. The Bertz CT molecular complexity index is 872. The van der Waals surface area contributed by atoms with E-state index in [0.717, 1.165) is 0 Å². The van der Waals surface area contributed by atoms with Crippen LogP contribution in [0.3, 0.4) is 0 Å². The molecule has 1 aromatic carbocycles. The number of aromatic nitrogens is 2. The number of fused-ring (bicyclic) bond motifs is 1. The van der Waals surface area contributed by atoms with E-state index in [1.807, 2.05) is 6.92 Å². The summed E-state index contributed by atoms with van der Waals surface area (Å²) >= 11 is 1.27. The Morgan fingerprint density at radius 2 is 2.00 bits per heavy atom. The summed E-state index contributed by atoms with van der Waals surface area (Å²) in [6.07, 6.45) is 2.27. The number of ketones is 1. The van der Waals surface area contributed by atoms with Crippen LogP contribution >= 0.6 is 11.8 Å². The third kappa shape index (κ3) is 4.06. The molecule has 128 valence electrons. The van der Waals surface area contributed by atoms with Crippen molar-refractivity contribution in [1.29, 1.82) is 0 Å². The molecule has 3 rings (SSSR count). The van der Waals surface area contributed by atoms with E-state index in [0.29, 0.717) is 34.1 Å².